The number of nitriles is 1. The van der Waals surface area contributed by atoms with Crippen LogP contribution >= 0.6 is 0 Å². The molecule has 0 atom stereocenters. The second-order valence-electron chi connectivity index (χ2n) is 7.49. The predicted molar refractivity (Wildman–Crippen MR) is 138 cm³/mol. The summed E-state index contributed by atoms with van der Waals surface area (Å²) in [5, 5.41) is 14.8. The van der Waals surface area contributed by atoms with Gasteiger partial charge >= 0.3 is 0 Å². The van der Waals surface area contributed by atoms with Crippen LogP contribution in [0.4, 0.5) is 5.82 Å². The van der Waals surface area contributed by atoms with E-state index in [4.69, 9.17) is 16.7 Å². The Kier molecular flexibility index (Phi) is 8.29. The molecule has 9 heteroatoms. The third-order valence-corrected chi connectivity index (χ3v) is 4.96. The summed E-state index contributed by atoms with van der Waals surface area (Å²) in [6, 6.07) is 18.4. The van der Waals surface area contributed by atoms with Crippen molar-refractivity contribution in [1.82, 2.24) is 15.3 Å². The molecule has 0 bridgehead atoms. The molecule has 3 aromatic rings. The number of rotatable bonds is 8. The molecule has 0 saturated carbocycles. The molecule has 2 aromatic heterocycles. The Bertz CT molecular complexity index is 1330. The van der Waals surface area contributed by atoms with Crippen LogP contribution in [0, 0.1) is 18.3 Å². The molecule has 0 unspecified atom stereocenters. The minimum atomic E-state index is -0.348. The molecule has 3 rings (SSSR count). The molecule has 6 N–H and O–H groups in total. The van der Waals surface area contributed by atoms with Crippen molar-refractivity contribution in [3.8, 4) is 6.07 Å². The highest BCUT2D eigenvalue weighted by molar-refractivity contribution is 6.18. The van der Waals surface area contributed by atoms with E-state index >= 15 is 0 Å². The number of nitrogens with two attached hydrogens (primary N) is 2. The average molecular weight is 467 g/mol. The second-order valence-corrected chi connectivity index (χ2v) is 7.49. The number of nitrogens with one attached hydrogen (secondary N) is 2. The zero-order valence-corrected chi connectivity index (χ0v) is 19.5. The zero-order chi connectivity index (χ0) is 25.2. The van der Waals surface area contributed by atoms with E-state index in [-0.39, 0.29) is 17.3 Å². The van der Waals surface area contributed by atoms with Gasteiger partial charge in [-0.3, -0.25) is 14.8 Å². The van der Waals surface area contributed by atoms with Crippen LogP contribution in [0.1, 0.15) is 28.1 Å². The standard InChI is InChI=1S/C26H26N8O/c1-17-4-3-5-25(33-17)34-22(13-24(29)32-16-19-8-6-18(14-27)7-9-19)20-10-11-31-23(12-20)21(15-28)26(35)30-2/h3-13,15H,16,28H2,1-2H3,(H2,29,32)(H,30,35)(H,33,34)/b21-15?,22-13-. The number of aromatic nitrogens is 2. The molecule has 1 amide bonds. The predicted octanol–water partition coefficient (Wildman–Crippen LogP) is 2.71. The van der Waals surface area contributed by atoms with E-state index < -0.39 is 0 Å². The highest BCUT2D eigenvalue weighted by atomic mass is 16.1. The van der Waals surface area contributed by atoms with Crippen LogP contribution in [-0.2, 0) is 11.3 Å². The number of amidine groups is 1. The number of aryl methyl sites for hydroxylation is 1. The number of amides is 1. The Morgan fingerprint density at radius 2 is 1.97 bits per heavy atom. The number of carbonyl (C=O) groups is 1. The van der Waals surface area contributed by atoms with Crippen molar-refractivity contribution >= 4 is 28.8 Å². The minimum absolute atomic E-state index is 0.241. The van der Waals surface area contributed by atoms with Crippen LogP contribution < -0.4 is 22.1 Å². The van der Waals surface area contributed by atoms with E-state index in [1.165, 1.54) is 13.2 Å². The molecule has 1 aromatic carbocycles. The van der Waals surface area contributed by atoms with Crippen LogP contribution in [0.15, 0.2) is 78.1 Å². The van der Waals surface area contributed by atoms with Crippen molar-refractivity contribution in [3.05, 3.63) is 101 Å². The average Bonchev–Trinajstić information content (AvgIpc) is 2.88. The van der Waals surface area contributed by atoms with Gasteiger partial charge in [0.2, 0.25) is 0 Å². The summed E-state index contributed by atoms with van der Waals surface area (Å²) in [7, 11) is 1.52. The zero-order valence-electron chi connectivity index (χ0n) is 19.5. The molecular weight excluding hydrogens is 440 g/mol. The first-order chi connectivity index (χ1) is 16.9. The van der Waals surface area contributed by atoms with Gasteiger partial charge in [-0.05, 0) is 48.9 Å². The fourth-order valence-electron chi connectivity index (χ4n) is 3.16. The summed E-state index contributed by atoms with van der Waals surface area (Å²) in [5.74, 6) is 0.554. The van der Waals surface area contributed by atoms with Gasteiger partial charge in [0.05, 0.1) is 35.1 Å². The maximum atomic E-state index is 12.2. The third-order valence-electron chi connectivity index (χ3n) is 4.96. The van der Waals surface area contributed by atoms with Crippen LogP contribution in [0.5, 0.6) is 0 Å². The lowest BCUT2D eigenvalue weighted by Gasteiger charge is -2.13. The van der Waals surface area contributed by atoms with Crippen molar-refractivity contribution in [3.63, 3.8) is 0 Å². The highest BCUT2D eigenvalue weighted by Gasteiger charge is 2.14. The van der Waals surface area contributed by atoms with Crippen LogP contribution in [0.2, 0.25) is 0 Å². The van der Waals surface area contributed by atoms with Gasteiger partial charge in [-0.2, -0.15) is 5.26 Å². The van der Waals surface area contributed by atoms with E-state index in [9.17, 15) is 4.79 Å². The Labute approximate surface area is 203 Å². The summed E-state index contributed by atoms with van der Waals surface area (Å²) in [6.07, 6.45) is 4.50. The summed E-state index contributed by atoms with van der Waals surface area (Å²) in [4.78, 5) is 25.4. The van der Waals surface area contributed by atoms with Crippen molar-refractivity contribution in [2.45, 2.75) is 13.5 Å². The summed E-state index contributed by atoms with van der Waals surface area (Å²) in [5.41, 5.74) is 16.2. The Morgan fingerprint density at radius 3 is 2.63 bits per heavy atom. The Balaban J connectivity index is 1.97. The minimum Gasteiger partial charge on any atom is -0.404 e. The number of carbonyl (C=O) groups excluding carboxylic acids is 1. The summed E-state index contributed by atoms with van der Waals surface area (Å²) >= 11 is 0. The van der Waals surface area contributed by atoms with E-state index in [1.54, 1.807) is 36.5 Å². The lowest BCUT2D eigenvalue weighted by molar-refractivity contribution is -0.115. The first kappa shape index (κ1) is 24.7. The third kappa shape index (κ3) is 6.76. The van der Waals surface area contributed by atoms with Gasteiger partial charge in [0.25, 0.3) is 5.91 Å². The molecule has 2 heterocycles. The second kappa shape index (κ2) is 11.8. The number of likely N-dealkylation sites (N-methyl/N-ethyl adjacent to an activating group) is 1. The Morgan fingerprint density at radius 1 is 1.20 bits per heavy atom. The molecule has 0 aliphatic heterocycles. The number of pyridine rings is 2. The molecule has 0 spiro atoms. The van der Waals surface area contributed by atoms with E-state index in [1.807, 2.05) is 37.3 Å². The number of aliphatic imine (C=N–C) groups is 1. The molecule has 0 aliphatic rings. The van der Waals surface area contributed by atoms with Gasteiger partial charge in [-0.25, -0.2) is 4.98 Å². The monoisotopic (exact) mass is 466 g/mol. The molecule has 176 valence electrons. The van der Waals surface area contributed by atoms with Crippen molar-refractivity contribution < 1.29 is 4.79 Å². The molecule has 35 heavy (non-hydrogen) atoms. The normalized spacial score (nSPS) is 12.1. The fourth-order valence-corrected chi connectivity index (χ4v) is 3.16. The van der Waals surface area contributed by atoms with Gasteiger partial charge in [-0.15, -0.1) is 0 Å². The van der Waals surface area contributed by atoms with Crippen LogP contribution in [0.3, 0.4) is 0 Å². The molecule has 0 radical (unpaired) electrons. The first-order valence-corrected chi connectivity index (χ1v) is 10.8. The van der Waals surface area contributed by atoms with Crippen molar-refractivity contribution in [2.75, 3.05) is 12.4 Å². The lowest BCUT2D eigenvalue weighted by Crippen LogP contribution is -2.20. The van der Waals surface area contributed by atoms with Crippen molar-refractivity contribution in [1.29, 1.82) is 5.26 Å². The SMILES string of the molecule is CNC(=O)C(=CN)c1cc(/C(=C/C(N)=NCc2ccc(C#N)cc2)Nc2cccc(C)n2)ccn1. The van der Waals surface area contributed by atoms with Gasteiger partial charge in [0, 0.05) is 36.8 Å². The van der Waals surface area contributed by atoms with E-state index in [0.29, 0.717) is 34.9 Å². The largest absolute Gasteiger partial charge is 0.404 e. The van der Waals surface area contributed by atoms with Gasteiger partial charge in [-0.1, -0.05) is 18.2 Å². The maximum absolute atomic E-state index is 12.2. The smallest absolute Gasteiger partial charge is 0.254 e. The number of nitrogens with zero attached hydrogens (tertiary/aromatic N) is 4. The van der Waals surface area contributed by atoms with E-state index in [2.05, 4.69) is 31.7 Å². The highest BCUT2D eigenvalue weighted by Crippen LogP contribution is 2.21. The molecule has 0 aliphatic carbocycles. The summed E-state index contributed by atoms with van der Waals surface area (Å²) in [6.45, 7) is 2.25. The maximum Gasteiger partial charge on any atom is 0.254 e. The Hall–Kier alpha value is -4.97. The number of hydrogen-bond donors (Lipinski definition) is 4. The van der Waals surface area contributed by atoms with Crippen LogP contribution in [-0.4, -0.2) is 28.8 Å². The molecule has 0 saturated heterocycles. The topological polar surface area (TPSA) is 155 Å². The van der Waals surface area contributed by atoms with Crippen molar-refractivity contribution in [2.24, 2.45) is 16.5 Å². The fraction of sp³-hybridized carbons (Fsp3) is 0.115. The number of benzene rings is 1. The summed E-state index contributed by atoms with van der Waals surface area (Å²) < 4.78 is 0. The number of hydrogen-bond acceptors (Lipinski definition) is 7. The molecule has 9 nitrogen and oxygen atoms in total. The lowest BCUT2D eigenvalue weighted by atomic mass is 10.1. The number of anilines is 1. The quantitative estimate of drug-likeness (QED) is 0.226. The van der Waals surface area contributed by atoms with Gasteiger partial charge < -0.3 is 22.1 Å². The first-order valence-electron chi connectivity index (χ1n) is 10.8. The molecular formula is C26H26N8O. The van der Waals surface area contributed by atoms with Gasteiger partial charge in [0.1, 0.15) is 11.7 Å². The van der Waals surface area contributed by atoms with Crippen LogP contribution in [0.25, 0.3) is 11.3 Å². The van der Waals surface area contributed by atoms with Gasteiger partial charge in [0.15, 0.2) is 0 Å². The van der Waals surface area contributed by atoms with E-state index in [0.717, 1.165) is 11.3 Å². The molecule has 0 fully saturated rings.